The summed E-state index contributed by atoms with van der Waals surface area (Å²) in [6.45, 7) is 3.19. The number of hydrogen-bond donors (Lipinski definition) is 0. The van der Waals surface area contributed by atoms with Crippen molar-refractivity contribution < 1.29 is 13.9 Å². The number of esters is 1. The molecule has 2 aliphatic rings. The molecule has 0 aromatic carbocycles. The fourth-order valence-corrected chi connectivity index (χ4v) is 2.84. The van der Waals surface area contributed by atoms with Crippen LogP contribution >= 0.6 is 0 Å². The number of allylic oxidation sites excluding steroid dienone is 2. The van der Waals surface area contributed by atoms with Gasteiger partial charge in [0.15, 0.2) is 0 Å². The second-order valence-corrected chi connectivity index (χ2v) is 4.60. The molecule has 0 spiro atoms. The summed E-state index contributed by atoms with van der Waals surface area (Å²) >= 11 is 0. The first-order valence-electron chi connectivity index (χ1n) is 4.90. The first kappa shape index (κ1) is 9.69. The minimum atomic E-state index is -1.47. The van der Waals surface area contributed by atoms with Crippen molar-refractivity contribution >= 4 is 5.97 Å². The van der Waals surface area contributed by atoms with Gasteiger partial charge in [0, 0.05) is 5.92 Å². The van der Waals surface area contributed by atoms with Gasteiger partial charge in [0.25, 0.3) is 0 Å². The van der Waals surface area contributed by atoms with Crippen molar-refractivity contribution in [3.8, 4) is 0 Å². The number of fused-ring (bicyclic) bond motifs is 2. The van der Waals surface area contributed by atoms with Gasteiger partial charge in [-0.15, -0.1) is 0 Å². The smallest absolute Gasteiger partial charge is 0.315 e. The van der Waals surface area contributed by atoms with Crippen LogP contribution in [0.3, 0.4) is 0 Å². The Morgan fingerprint density at radius 1 is 1.43 bits per heavy atom. The minimum Gasteiger partial charge on any atom is -0.468 e. The predicted octanol–water partition coefficient (Wildman–Crippen LogP) is 2.10. The SMILES string of the molecule is COC(=O)C1(C)C2C=CC(C2)C1(C)F. The molecule has 2 aliphatic carbocycles. The molecule has 0 saturated heterocycles. The molecule has 0 aliphatic heterocycles. The van der Waals surface area contributed by atoms with Crippen LogP contribution in [0.5, 0.6) is 0 Å². The fourth-order valence-electron chi connectivity index (χ4n) is 2.84. The molecule has 14 heavy (non-hydrogen) atoms. The van der Waals surface area contributed by atoms with E-state index in [0.29, 0.717) is 0 Å². The lowest BCUT2D eigenvalue weighted by Gasteiger charge is -2.39. The Morgan fingerprint density at radius 2 is 2.00 bits per heavy atom. The van der Waals surface area contributed by atoms with Crippen molar-refractivity contribution in [2.45, 2.75) is 25.9 Å². The lowest BCUT2D eigenvalue weighted by atomic mass is 9.68. The second kappa shape index (κ2) is 2.59. The van der Waals surface area contributed by atoms with Gasteiger partial charge in [0.1, 0.15) is 11.1 Å². The summed E-state index contributed by atoms with van der Waals surface area (Å²) in [6, 6.07) is 0. The summed E-state index contributed by atoms with van der Waals surface area (Å²) in [6.07, 6.45) is 4.57. The van der Waals surface area contributed by atoms with Crippen LogP contribution in [0.25, 0.3) is 0 Å². The highest BCUT2D eigenvalue weighted by molar-refractivity contribution is 5.80. The van der Waals surface area contributed by atoms with Gasteiger partial charge >= 0.3 is 5.97 Å². The van der Waals surface area contributed by atoms with E-state index in [0.717, 1.165) is 6.42 Å². The Hall–Kier alpha value is -0.860. The summed E-state index contributed by atoms with van der Waals surface area (Å²) in [7, 11) is 1.32. The van der Waals surface area contributed by atoms with Crippen LogP contribution < -0.4 is 0 Å². The zero-order chi connectivity index (χ0) is 10.6. The highest BCUT2D eigenvalue weighted by Crippen LogP contribution is 2.60. The molecule has 2 nitrogen and oxygen atoms in total. The third kappa shape index (κ3) is 0.830. The van der Waals surface area contributed by atoms with E-state index in [1.165, 1.54) is 14.0 Å². The van der Waals surface area contributed by atoms with Crippen molar-refractivity contribution in [1.29, 1.82) is 0 Å². The van der Waals surface area contributed by atoms with Crippen molar-refractivity contribution in [3.05, 3.63) is 12.2 Å². The Bertz CT molecular complexity index is 308. The van der Waals surface area contributed by atoms with Crippen molar-refractivity contribution in [2.75, 3.05) is 7.11 Å². The number of carbonyl (C=O) groups excluding carboxylic acids is 1. The van der Waals surface area contributed by atoms with Gasteiger partial charge in [0.05, 0.1) is 7.11 Å². The zero-order valence-corrected chi connectivity index (χ0v) is 8.71. The molecule has 0 aromatic rings. The highest BCUT2D eigenvalue weighted by atomic mass is 19.1. The Morgan fingerprint density at radius 3 is 2.43 bits per heavy atom. The number of hydrogen-bond acceptors (Lipinski definition) is 2. The highest BCUT2D eigenvalue weighted by Gasteiger charge is 2.66. The maximum atomic E-state index is 14.4. The Kier molecular flexibility index (Phi) is 1.79. The molecule has 0 heterocycles. The molecule has 4 atom stereocenters. The van der Waals surface area contributed by atoms with E-state index in [4.69, 9.17) is 4.74 Å². The van der Waals surface area contributed by atoms with Crippen LogP contribution in [0.2, 0.25) is 0 Å². The minimum absolute atomic E-state index is 0.00468. The number of ether oxygens (including phenoxy) is 1. The van der Waals surface area contributed by atoms with Crippen molar-refractivity contribution in [3.63, 3.8) is 0 Å². The number of methoxy groups -OCH3 is 1. The standard InChI is InChI=1S/C11H15FO2/c1-10(9(13)14-3)7-4-5-8(6-7)11(10,2)12/h4-5,7-8H,6H2,1-3H3. The van der Waals surface area contributed by atoms with Crippen LogP contribution in [-0.2, 0) is 9.53 Å². The molecule has 2 bridgehead atoms. The zero-order valence-electron chi connectivity index (χ0n) is 8.71. The molecule has 0 radical (unpaired) electrons. The van der Waals surface area contributed by atoms with E-state index < -0.39 is 17.1 Å². The molecular formula is C11H15FO2. The number of rotatable bonds is 1. The number of halogens is 1. The Labute approximate surface area is 83.1 Å². The molecule has 2 rings (SSSR count). The summed E-state index contributed by atoms with van der Waals surface area (Å²) in [4.78, 5) is 11.6. The van der Waals surface area contributed by atoms with Crippen LogP contribution in [-0.4, -0.2) is 18.7 Å². The molecule has 0 amide bonds. The molecule has 1 fully saturated rings. The number of alkyl halides is 1. The number of carbonyl (C=O) groups is 1. The van der Waals surface area contributed by atoms with Gasteiger partial charge in [-0.1, -0.05) is 12.2 Å². The molecular weight excluding hydrogens is 183 g/mol. The maximum Gasteiger partial charge on any atom is 0.315 e. The molecule has 0 N–H and O–H groups in total. The van der Waals surface area contributed by atoms with Gasteiger partial charge in [0.2, 0.25) is 0 Å². The van der Waals surface area contributed by atoms with Crippen LogP contribution in [0.15, 0.2) is 12.2 Å². The van der Waals surface area contributed by atoms with Crippen molar-refractivity contribution in [1.82, 2.24) is 0 Å². The summed E-state index contributed by atoms with van der Waals surface area (Å²) < 4.78 is 19.2. The lowest BCUT2D eigenvalue weighted by molar-refractivity contribution is -0.162. The second-order valence-electron chi connectivity index (χ2n) is 4.60. The average molecular weight is 198 g/mol. The van der Waals surface area contributed by atoms with Crippen molar-refractivity contribution in [2.24, 2.45) is 17.3 Å². The summed E-state index contributed by atoms with van der Waals surface area (Å²) in [5, 5.41) is 0. The van der Waals surface area contributed by atoms with Gasteiger partial charge in [-0.2, -0.15) is 0 Å². The lowest BCUT2D eigenvalue weighted by Crippen LogP contribution is -2.49. The topological polar surface area (TPSA) is 26.3 Å². The van der Waals surface area contributed by atoms with E-state index in [2.05, 4.69) is 0 Å². The largest absolute Gasteiger partial charge is 0.468 e. The molecule has 78 valence electrons. The molecule has 0 aromatic heterocycles. The van der Waals surface area contributed by atoms with E-state index in [1.807, 2.05) is 12.2 Å². The van der Waals surface area contributed by atoms with Crippen LogP contribution in [0, 0.1) is 17.3 Å². The third-order valence-corrected chi connectivity index (χ3v) is 4.15. The van der Waals surface area contributed by atoms with Gasteiger partial charge in [-0.05, 0) is 26.2 Å². The monoisotopic (exact) mass is 198 g/mol. The quantitative estimate of drug-likeness (QED) is 0.476. The first-order valence-corrected chi connectivity index (χ1v) is 4.90. The fraction of sp³-hybridized carbons (Fsp3) is 0.727. The van der Waals surface area contributed by atoms with Gasteiger partial charge in [-0.25, -0.2) is 4.39 Å². The average Bonchev–Trinajstić information content (AvgIpc) is 2.68. The van der Waals surface area contributed by atoms with Gasteiger partial charge < -0.3 is 4.74 Å². The van der Waals surface area contributed by atoms with E-state index in [1.54, 1.807) is 6.92 Å². The Balaban J connectivity index is 2.45. The van der Waals surface area contributed by atoms with E-state index in [-0.39, 0.29) is 11.8 Å². The molecule has 1 saturated carbocycles. The van der Waals surface area contributed by atoms with Gasteiger partial charge in [-0.3, -0.25) is 4.79 Å². The summed E-state index contributed by atoms with van der Waals surface area (Å²) in [5.74, 6) is -0.564. The summed E-state index contributed by atoms with van der Waals surface area (Å²) in [5.41, 5.74) is -2.47. The normalized spacial score (nSPS) is 49.7. The van der Waals surface area contributed by atoms with Crippen LogP contribution in [0.1, 0.15) is 20.3 Å². The third-order valence-electron chi connectivity index (χ3n) is 4.15. The molecule has 4 unspecified atom stereocenters. The molecule has 3 heteroatoms. The predicted molar refractivity (Wildman–Crippen MR) is 50.4 cm³/mol. The first-order chi connectivity index (χ1) is 6.44. The van der Waals surface area contributed by atoms with E-state index >= 15 is 0 Å². The van der Waals surface area contributed by atoms with E-state index in [9.17, 15) is 9.18 Å². The maximum absolute atomic E-state index is 14.4. The van der Waals surface area contributed by atoms with Crippen LogP contribution in [0.4, 0.5) is 4.39 Å².